The summed E-state index contributed by atoms with van der Waals surface area (Å²) in [7, 11) is 0. The molecule has 0 unspecified atom stereocenters. The number of hydrogen-bond acceptors (Lipinski definition) is 3. The van der Waals surface area contributed by atoms with Crippen molar-refractivity contribution in [2.24, 2.45) is 0 Å². The fraction of sp³-hybridized carbons (Fsp3) is 0.214. The van der Waals surface area contributed by atoms with E-state index in [1.165, 1.54) is 0 Å². The van der Waals surface area contributed by atoms with Gasteiger partial charge in [0.2, 0.25) is 11.9 Å². The van der Waals surface area contributed by atoms with Gasteiger partial charge < -0.3 is 0 Å². The van der Waals surface area contributed by atoms with Crippen LogP contribution in [0.25, 0.3) is 0 Å². The third-order valence-electron chi connectivity index (χ3n) is 2.91. The number of carbonyl (C=O) groups is 1. The fourth-order valence-corrected chi connectivity index (χ4v) is 1.82. The number of amides is 1. The maximum atomic E-state index is 12.3. The van der Waals surface area contributed by atoms with Crippen LogP contribution in [0, 0.1) is 0 Å². The summed E-state index contributed by atoms with van der Waals surface area (Å²) in [6.45, 7) is 3.66. The number of nitrogens with zero attached hydrogens (tertiary/aromatic N) is 2. The van der Waals surface area contributed by atoms with Crippen LogP contribution in [0.5, 0.6) is 0 Å². The van der Waals surface area contributed by atoms with Gasteiger partial charge >= 0.3 is 0 Å². The lowest BCUT2D eigenvalue weighted by molar-refractivity contribution is -0.120. The van der Waals surface area contributed by atoms with Crippen molar-refractivity contribution in [3.8, 4) is 0 Å². The van der Waals surface area contributed by atoms with E-state index in [1.54, 1.807) is 30.6 Å². The monoisotopic (exact) mass is 275 g/mol. The van der Waals surface area contributed by atoms with Gasteiger partial charge in [-0.15, -0.1) is 0 Å². The highest BCUT2D eigenvalue weighted by Gasteiger charge is 2.30. The van der Waals surface area contributed by atoms with Gasteiger partial charge in [-0.05, 0) is 37.6 Å². The molecule has 19 heavy (non-hydrogen) atoms. The maximum absolute atomic E-state index is 12.3. The summed E-state index contributed by atoms with van der Waals surface area (Å²) in [5.74, 6) is 0.114. The molecule has 0 radical (unpaired) electrons. The largest absolute Gasteiger partial charge is 0.294 e. The van der Waals surface area contributed by atoms with Crippen LogP contribution in [0.2, 0.25) is 5.02 Å². The van der Waals surface area contributed by atoms with Crippen molar-refractivity contribution in [3.63, 3.8) is 0 Å². The summed E-state index contributed by atoms with van der Waals surface area (Å²) in [4.78, 5) is 20.3. The molecule has 0 atom stereocenters. The summed E-state index contributed by atoms with van der Waals surface area (Å²) in [6, 6.07) is 8.95. The Balaban J connectivity index is 2.22. The fourth-order valence-electron chi connectivity index (χ4n) is 1.63. The highest BCUT2D eigenvalue weighted by atomic mass is 35.5. The second-order valence-electron chi connectivity index (χ2n) is 4.66. The number of benzene rings is 1. The third kappa shape index (κ3) is 3.09. The predicted molar refractivity (Wildman–Crippen MR) is 75.1 cm³/mol. The summed E-state index contributed by atoms with van der Waals surface area (Å²) in [5.41, 5.74) is 0.123. The molecule has 1 amide bonds. The van der Waals surface area contributed by atoms with Crippen LogP contribution in [-0.2, 0) is 10.2 Å². The first kappa shape index (κ1) is 13.5. The second kappa shape index (κ2) is 5.36. The van der Waals surface area contributed by atoms with Crippen molar-refractivity contribution in [2.45, 2.75) is 19.3 Å². The van der Waals surface area contributed by atoms with Crippen LogP contribution < -0.4 is 5.32 Å². The highest BCUT2D eigenvalue weighted by Crippen LogP contribution is 2.26. The molecule has 1 aromatic heterocycles. The quantitative estimate of drug-likeness (QED) is 0.937. The van der Waals surface area contributed by atoms with E-state index in [9.17, 15) is 4.79 Å². The first-order chi connectivity index (χ1) is 9.00. The average molecular weight is 276 g/mol. The molecule has 1 heterocycles. The van der Waals surface area contributed by atoms with Gasteiger partial charge in [-0.1, -0.05) is 23.7 Å². The SMILES string of the molecule is CC(C)(C(=O)Nc1ncccn1)c1cccc(Cl)c1. The molecule has 5 heteroatoms. The van der Waals surface area contributed by atoms with E-state index >= 15 is 0 Å². The molecule has 0 saturated heterocycles. The van der Waals surface area contributed by atoms with Crippen molar-refractivity contribution < 1.29 is 4.79 Å². The number of anilines is 1. The van der Waals surface area contributed by atoms with Crippen LogP contribution in [-0.4, -0.2) is 15.9 Å². The molecule has 2 rings (SSSR count). The van der Waals surface area contributed by atoms with Crippen LogP contribution >= 0.6 is 11.6 Å². The van der Waals surface area contributed by atoms with Crippen molar-refractivity contribution >= 4 is 23.5 Å². The Morgan fingerprint density at radius 3 is 2.53 bits per heavy atom. The first-order valence-electron chi connectivity index (χ1n) is 5.84. The molecule has 1 N–H and O–H groups in total. The smallest absolute Gasteiger partial charge is 0.236 e. The minimum absolute atomic E-state index is 0.180. The normalized spacial score (nSPS) is 11.1. The van der Waals surface area contributed by atoms with Gasteiger partial charge in [0.1, 0.15) is 0 Å². The molecule has 4 nitrogen and oxygen atoms in total. The van der Waals surface area contributed by atoms with Crippen molar-refractivity contribution in [1.82, 2.24) is 9.97 Å². The standard InChI is InChI=1S/C14H14ClN3O/c1-14(2,10-5-3-6-11(15)9-10)12(19)18-13-16-7-4-8-17-13/h3-9H,1-2H3,(H,16,17,18,19). The van der Waals surface area contributed by atoms with Crippen LogP contribution in [0.1, 0.15) is 19.4 Å². The zero-order valence-electron chi connectivity index (χ0n) is 10.7. The average Bonchev–Trinajstić information content (AvgIpc) is 2.40. The Labute approximate surface area is 116 Å². The number of aromatic nitrogens is 2. The van der Waals surface area contributed by atoms with E-state index in [2.05, 4.69) is 15.3 Å². The lowest BCUT2D eigenvalue weighted by atomic mass is 9.84. The van der Waals surface area contributed by atoms with E-state index in [4.69, 9.17) is 11.6 Å². The molecule has 0 aliphatic rings. The highest BCUT2D eigenvalue weighted by molar-refractivity contribution is 6.30. The zero-order chi connectivity index (χ0) is 13.9. The minimum Gasteiger partial charge on any atom is -0.294 e. The molecule has 98 valence electrons. The Morgan fingerprint density at radius 2 is 1.89 bits per heavy atom. The predicted octanol–water partition coefficient (Wildman–Crippen LogP) is 3.05. The number of hydrogen-bond donors (Lipinski definition) is 1. The Hall–Kier alpha value is -1.94. The van der Waals surface area contributed by atoms with E-state index in [1.807, 2.05) is 26.0 Å². The summed E-state index contributed by atoms with van der Waals surface area (Å²) in [6.07, 6.45) is 3.16. The molecule has 0 bridgehead atoms. The molecule has 2 aromatic rings. The first-order valence-corrected chi connectivity index (χ1v) is 6.22. The molecule has 1 aromatic carbocycles. The summed E-state index contributed by atoms with van der Waals surface area (Å²) < 4.78 is 0. The van der Waals surface area contributed by atoms with Gasteiger partial charge in [0.25, 0.3) is 0 Å². The molecular weight excluding hydrogens is 262 g/mol. The minimum atomic E-state index is -0.718. The van der Waals surface area contributed by atoms with Crippen LogP contribution in [0.15, 0.2) is 42.7 Å². The molecule has 0 aliphatic carbocycles. The van der Waals surface area contributed by atoms with Crippen LogP contribution in [0.4, 0.5) is 5.95 Å². The lowest BCUT2D eigenvalue weighted by Crippen LogP contribution is -2.35. The van der Waals surface area contributed by atoms with E-state index in [0.29, 0.717) is 11.0 Å². The van der Waals surface area contributed by atoms with E-state index in [-0.39, 0.29) is 5.91 Å². The van der Waals surface area contributed by atoms with Crippen LogP contribution in [0.3, 0.4) is 0 Å². The molecule has 0 fully saturated rings. The topological polar surface area (TPSA) is 54.9 Å². The number of carbonyl (C=O) groups excluding carboxylic acids is 1. The Morgan fingerprint density at radius 1 is 1.21 bits per heavy atom. The van der Waals surface area contributed by atoms with Crippen molar-refractivity contribution in [3.05, 3.63) is 53.3 Å². The Kier molecular flexibility index (Phi) is 3.81. The van der Waals surface area contributed by atoms with E-state index < -0.39 is 5.41 Å². The van der Waals surface area contributed by atoms with Gasteiger partial charge in [0.15, 0.2) is 0 Å². The van der Waals surface area contributed by atoms with Gasteiger partial charge in [-0.25, -0.2) is 9.97 Å². The van der Waals surface area contributed by atoms with Gasteiger partial charge in [-0.3, -0.25) is 10.1 Å². The van der Waals surface area contributed by atoms with Crippen molar-refractivity contribution in [2.75, 3.05) is 5.32 Å². The summed E-state index contributed by atoms with van der Waals surface area (Å²) >= 11 is 5.96. The van der Waals surface area contributed by atoms with Gasteiger partial charge in [-0.2, -0.15) is 0 Å². The van der Waals surface area contributed by atoms with Crippen molar-refractivity contribution in [1.29, 1.82) is 0 Å². The van der Waals surface area contributed by atoms with Gasteiger partial charge in [0, 0.05) is 17.4 Å². The molecule has 0 saturated carbocycles. The zero-order valence-corrected chi connectivity index (χ0v) is 11.5. The maximum Gasteiger partial charge on any atom is 0.236 e. The molecule has 0 aliphatic heterocycles. The Bertz CT molecular complexity index is 584. The summed E-state index contributed by atoms with van der Waals surface area (Å²) in [5, 5.41) is 3.30. The molecule has 0 spiro atoms. The molecular formula is C14H14ClN3O. The van der Waals surface area contributed by atoms with E-state index in [0.717, 1.165) is 5.56 Å². The third-order valence-corrected chi connectivity index (χ3v) is 3.14. The second-order valence-corrected chi connectivity index (χ2v) is 5.10. The number of nitrogens with one attached hydrogen (secondary N) is 1. The number of halogens is 1. The van der Waals surface area contributed by atoms with Gasteiger partial charge in [0.05, 0.1) is 5.41 Å². The lowest BCUT2D eigenvalue weighted by Gasteiger charge is -2.23. The number of rotatable bonds is 3.